The monoisotopic (exact) mass is 195 g/mol. The van der Waals surface area contributed by atoms with Crippen molar-refractivity contribution in [3.8, 4) is 0 Å². The predicted octanol–water partition coefficient (Wildman–Crippen LogP) is 4.00. The Morgan fingerprint density at radius 3 is 2.64 bits per heavy atom. The summed E-state index contributed by atoms with van der Waals surface area (Å²) < 4.78 is 0. The molecule has 0 saturated heterocycles. The Balaban J connectivity index is 3.69. The summed E-state index contributed by atoms with van der Waals surface area (Å²) in [6, 6.07) is 0. The Morgan fingerprint density at radius 2 is 2.00 bits per heavy atom. The van der Waals surface area contributed by atoms with Gasteiger partial charge in [0.1, 0.15) is 11.3 Å². The highest BCUT2D eigenvalue weighted by atomic mass is 15.0. The van der Waals surface area contributed by atoms with E-state index in [0.29, 0.717) is 0 Å². The lowest BCUT2D eigenvalue weighted by atomic mass is 10.1. The first-order valence-corrected chi connectivity index (χ1v) is 5.68. The van der Waals surface area contributed by atoms with E-state index in [-0.39, 0.29) is 0 Å². The van der Waals surface area contributed by atoms with Crippen molar-refractivity contribution in [3.63, 3.8) is 0 Å². The van der Waals surface area contributed by atoms with Crippen LogP contribution in [0.15, 0.2) is 16.9 Å². The lowest BCUT2D eigenvalue weighted by molar-refractivity contribution is -0.0741. The Labute approximate surface area is 87.9 Å². The number of unbranched alkanes of at least 4 members (excludes halogenated alkanes) is 3. The molecule has 0 bridgehead atoms. The largest absolute Gasteiger partial charge is 0.307 e. The molecule has 2 heteroatoms. The van der Waals surface area contributed by atoms with Gasteiger partial charge < -0.3 is 0 Å². The van der Waals surface area contributed by atoms with Gasteiger partial charge >= 0.3 is 6.21 Å². The lowest BCUT2D eigenvalue weighted by Gasteiger charge is -1.95. The number of hydrogen-bond donors (Lipinski definition) is 0. The quantitative estimate of drug-likeness (QED) is 0.254. The van der Waals surface area contributed by atoms with Gasteiger partial charge in [-0.3, -0.25) is 0 Å². The average molecular weight is 195 g/mol. The molecule has 0 atom stereocenters. The van der Waals surface area contributed by atoms with Crippen LogP contribution in [0.3, 0.4) is 0 Å². The van der Waals surface area contributed by atoms with E-state index in [4.69, 9.17) is 0 Å². The van der Waals surface area contributed by atoms with E-state index in [1.165, 1.54) is 24.8 Å². The van der Waals surface area contributed by atoms with E-state index in [0.717, 1.165) is 19.3 Å². The normalized spacial score (nSPS) is 10.9. The summed E-state index contributed by atoms with van der Waals surface area (Å²) in [5.74, 6) is 0. The van der Waals surface area contributed by atoms with E-state index >= 15 is 0 Å². The highest BCUT2D eigenvalue weighted by molar-refractivity contribution is 5.49. The lowest BCUT2D eigenvalue weighted by Crippen LogP contribution is -1.78. The fraction of sp³-hybridized carbons (Fsp3) is 0.750. The molecule has 0 aromatic rings. The van der Waals surface area contributed by atoms with E-state index in [1.54, 1.807) is 0 Å². The van der Waals surface area contributed by atoms with Crippen molar-refractivity contribution >= 4 is 6.21 Å². The van der Waals surface area contributed by atoms with Crippen LogP contribution < -0.4 is 0 Å². The number of allylic oxidation sites excluding steroid dienone is 1. The van der Waals surface area contributed by atoms with Gasteiger partial charge in [-0.25, -0.2) is 0 Å². The molecule has 2 nitrogen and oxygen atoms in total. The van der Waals surface area contributed by atoms with Gasteiger partial charge in [0.2, 0.25) is 0 Å². The van der Waals surface area contributed by atoms with Crippen LogP contribution >= 0.6 is 0 Å². The van der Waals surface area contributed by atoms with Crippen LogP contribution in [0.25, 0.3) is 0 Å². The van der Waals surface area contributed by atoms with E-state index < -0.39 is 0 Å². The molecule has 0 heterocycles. The minimum absolute atomic E-state index is 1.02. The van der Waals surface area contributed by atoms with Gasteiger partial charge in [-0.2, -0.15) is 0 Å². The first-order chi connectivity index (χ1) is 6.81. The van der Waals surface area contributed by atoms with Crippen molar-refractivity contribution in [1.82, 2.24) is 0 Å². The van der Waals surface area contributed by atoms with Crippen LogP contribution in [-0.4, -0.2) is 11.0 Å². The van der Waals surface area contributed by atoms with Crippen molar-refractivity contribution < 1.29 is 4.79 Å². The van der Waals surface area contributed by atoms with Crippen LogP contribution in [0.2, 0.25) is 0 Å². The number of hydrogen-bond acceptors (Lipinski definition) is 1. The molecule has 0 rings (SSSR count). The minimum atomic E-state index is 1.02. The summed E-state index contributed by atoms with van der Waals surface area (Å²) in [6.45, 7) is 6.48. The van der Waals surface area contributed by atoms with Crippen LogP contribution in [0.1, 0.15) is 59.3 Å². The van der Waals surface area contributed by atoms with Crippen LogP contribution in [-0.2, 0) is 0 Å². The molecule has 0 aliphatic heterocycles. The molecule has 0 N–H and O–H groups in total. The summed E-state index contributed by atoms with van der Waals surface area (Å²) in [6.07, 6.45) is 10.9. The van der Waals surface area contributed by atoms with Gasteiger partial charge in [0, 0.05) is 11.2 Å². The van der Waals surface area contributed by atoms with Gasteiger partial charge in [0.25, 0.3) is 0 Å². The van der Waals surface area contributed by atoms with E-state index in [1.807, 2.05) is 12.4 Å². The van der Waals surface area contributed by atoms with Crippen molar-refractivity contribution in [2.24, 2.45) is 5.11 Å². The first-order valence-electron chi connectivity index (χ1n) is 5.68. The molecule has 80 valence electrons. The van der Waals surface area contributed by atoms with Gasteiger partial charge in [-0.15, -0.1) is 0 Å². The highest BCUT2D eigenvalue weighted by Crippen LogP contribution is 2.07. The zero-order valence-electron chi connectivity index (χ0n) is 9.79. The fourth-order valence-corrected chi connectivity index (χ4v) is 1.08. The maximum Gasteiger partial charge on any atom is 0.307 e. The van der Waals surface area contributed by atoms with E-state index in [9.17, 15) is 0 Å². The van der Waals surface area contributed by atoms with E-state index in [2.05, 4.69) is 30.7 Å². The molecule has 0 aromatic heterocycles. The van der Waals surface area contributed by atoms with Gasteiger partial charge in [0.15, 0.2) is 0 Å². The van der Waals surface area contributed by atoms with Gasteiger partial charge in [0.05, 0.1) is 0 Å². The molecular weight excluding hydrogens is 172 g/mol. The SMILES string of the molecule is CCCC=[N+]=NC=C(C)CCCCC. The average Bonchev–Trinajstić information content (AvgIpc) is 2.18. The van der Waals surface area contributed by atoms with Crippen molar-refractivity contribution in [1.29, 1.82) is 0 Å². The molecule has 0 aromatic carbocycles. The maximum atomic E-state index is 3.99. The molecule has 14 heavy (non-hydrogen) atoms. The third kappa shape index (κ3) is 9.21. The smallest absolute Gasteiger partial charge is 0.0654 e. The van der Waals surface area contributed by atoms with Crippen molar-refractivity contribution in [2.45, 2.75) is 59.3 Å². The topological polar surface area (TPSA) is 26.5 Å². The second-order valence-electron chi connectivity index (χ2n) is 3.63. The summed E-state index contributed by atoms with van der Waals surface area (Å²) in [5.41, 5.74) is 1.33. The third-order valence-corrected chi connectivity index (χ3v) is 2.02. The summed E-state index contributed by atoms with van der Waals surface area (Å²) in [7, 11) is 0. The second-order valence-corrected chi connectivity index (χ2v) is 3.63. The molecular formula is C12H23N2+. The fourth-order valence-electron chi connectivity index (χ4n) is 1.08. The molecule has 0 saturated carbocycles. The van der Waals surface area contributed by atoms with Crippen LogP contribution in [0, 0.1) is 0 Å². The summed E-state index contributed by atoms with van der Waals surface area (Å²) >= 11 is 0. The number of rotatable bonds is 7. The summed E-state index contributed by atoms with van der Waals surface area (Å²) in [4.78, 5) is 3.95. The standard InChI is InChI=1S/C12H23N2/c1-4-6-8-9-12(3)11-14-13-10-7-5-2/h10-11H,4-9H2,1-3H3/q+1. The Morgan fingerprint density at radius 1 is 1.21 bits per heavy atom. The zero-order valence-corrected chi connectivity index (χ0v) is 9.79. The molecule has 0 aliphatic carbocycles. The molecule has 0 amide bonds. The molecule has 0 fully saturated rings. The molecule has 0 spiro atoms. The minimum Gasteiger partial charge on any atom is -0.0654 e. The molecule has 0 unspecified atom stereocenters. The number of nitrogens with zero attached hydrogens (tertiary/aromatic N) is 2. The molecule has 0 radical (unpaired) electrons. The summed E-state index contributed by atoms with van der Waals surface area (Å²) in [5, 5.41) is 3.99. The maximum absolute atomic E-state index is 3.99. The van der Waals surface area contributed by atoms with Crippen molar-refractivity contribution in [3.05, 3.63) is 11.8 Å². The third-order valence-electron chi connectivity index (χ3n) is 2.02. The Bertz CT molecular complexity index is 210. The second kappa shape index (κ2) is 10.2. The highest BCUT2D eigenvalue weighted by Gasteiger charge is 1.90. The zero-order chi connectivity index (χ0) is 10.6. The van der Waals surface area contributed by atoms with Crippen LogP contribution in [0.5, 0.6) is 0 Å². The van der Waals surface area contributed by atoms with Gasteiger partial charge in [-0.1, -0.05) is 26.7 Å². The Kier molecular flexibility index (Phi) is 9.56. The van der Waals surface area contributed by atoms with Crippen LogP contribution in [0.4, 0.5) is 0 Å². The van der Waals surface area contributed by atoms with Crippen molar-refractivity contribution in [2.75, 3.05) is 0 Å². The predicted molar refractivity (Wildman–Crippen MR) is 61.6 cm³/mol. The molecule has 0 aliphatic rings. The first kappa shape index (κ1) is 13.1. The Hall–Kier alpha value is -0.880. The van der Waals surface area contributed by atoms with Gasteiger partial charge in [-0.05, 0) is 31.8 Å².